The van der Waals surface area contributed by atoms with E-state index in [0.717, 1.165) is 32.4 Å². The second-order valence-electron chi connectivity index (χ2n) is 3.75. The van der Waals surface area contributed by atoms with Crippen LogP contribution in [0.1, 0.15) is 40.0 Å². The lowest BCUT2D eigenvalue weighted by Gasteiger charge is -2.24. The van der Waals surface area contributed by atoms with Crippen molar-refractivity contribution in [2.24, 2.45) is 11.7 Å². The van der Waals surface area contributed by atoms with Crippen LogP contribution in [0.5, 0.6) is 0 Å². The molecular formula is C11H24N2O. The molecule has 0 saturated carbocycles. The number of nitrogens with two attached hydrogens (primary N) is 1. The first-order chi connectivity index (χ1) is 6.67. The van der Waals surface area contributed by atoms with Gasteiger partial charge >= 0.3 is 0 Å². The van der Waals surface area contributed by atoms with Crippen LogP contribution in [0.2, 0.25) is 0 Å². The topological polar surface area (TPSA) is 46.3 Å². The molecule has 84 valence electrons. The quantitative estimate of drug-likeness (QED) is 0.679. The van der Waals surface area contributed by atoms with E-state index in [0.29, 0.717) is 6.54 Å². The summed E-state index contributed by atoms with van der Waals surface area (Å²) in [6.45, 7) is 8.43. The summed E-state index contributed by atoms with van der Waals surface area (Å²) in [5.41, 5.74) is 5.44. The van der Waals surface area contributed by atoms with Gasteiger partial charge in [-0.05, 0) is 26.3 Å². The number of hydrogen-bond donors (Lipinski definition) is 1. The van der Waals surface area contributed by atoms with Gasteiger partial charge in [-0.2, -0.15) is 0 Å². The predicted molar refractivity (Wildman–Crippen MR) is 60.0 cm³/mol. The molecule has 0 aliphatic rings. The number of carbonyl (C=O) groups is 1. The molecule has 2 N–H and O–H groups in total. The average molecular weight is 200 g/mol. The lowest BCUT2D eigenvalue weighted by Crippen LogP contribution is -2.36. The van der Waals surface area contributed by atoms with Crippen LogP contribution in [0.4, 0.5) is 0 Å². The van der Waals surface area contributed by atoms with Crippen LogP contribution in [0, 0.1) is 5.92 Å². The number of unbranched alkanes of at least 4 members (excludes halogenated alkanes) is 1. The molecule has 0 radical (unpaired) electrons. The maximum absolute atomic E-state index is 11.8. The van der Waals surface area contributed by atoms with Gasteiger partial charge in [-0.3, -0.25) is 4.79 Å². The highest BCUT2D eigenvalue weighted by Crippen LogP contribution is 2.07. The van der Waals surface area contributed by atoms with E-state index in [9.17, 15) is 4.79 Å². The Morgan fingerprint density at radius 3 is 2.50 bits per heavy atom. The van der Waals surface area contributed by atoms with Crippen LogP contribution in [-0.2, 0) is 4.79 Å². The zero-order valence-electron chi connectivity index (χ0n) is 9.75. The Hall–Kier alpha value is -0.570. The maximum Gasteiger partial charge on any atom is 0.225 e. The molecule has 0 aliphatic carbocycles. The van der Waals surface area contributed by atoms with E-state index >= 15 is 0 Å². The third kappa shape index (κ3) is 4.61. The van der Waals surface area contributed by atoms with Crippen molar-refractivity contribution in [1.82, 2.24) is 4.90 Å². The Balaban J connectivity index is 4.01. The molecule has 0 heterocycles. The second kappa shape index (κ2) is 7.80. The SMILES string of the molecule is CCCCN(CC)C(=O)C(C)CCN. The van der Waals surface area contributed by atoms with Gasteiger partial charge in [0.15, 0.2) is 0 Å². The summed E-state index contributed by atoms with van der Waals surface area (Å²) < 4.78 is 0. The molecule has 1 atom stereocenters. The van der Waals surface area contributed by atoms with Crippen molar-refractivity contribution < 1.29 is 4.79 Å². The van der Waals surface area contributed by atoms with Gasteiger partial charge in [0.05, 0.1) is 0 Å². The molecule has 0 aromatic rings. The van der Waals surface area contributed by atoms with Gasteiger partial charge in [0.1, 0.15) is 0 Å². The minimum Gasteiger partial charge on any atom is -0.343 e. The second-order valence-corrected chi connectivity index (χ2v) is 3.75. The average Bonchev–Trinajstić information content (AvgIpc) is 2.19. The molecular weight excluding hydrogens is 176 g/mol. The number of nitrogens with zero attached hydrogens (tertiary/aromatic N) is 1. The van der Waals surface area contributed by atoms with E-state index in [1.165, 1.54) is 0 Å². The van der Waals surface area contributed by atoms with Crippen LogP contribution in [0.25, 0.3) is 0 Å². The number of hydrogen-bond acceptors (Lipinski definition) is 2. The maximum atomic E-state index is 11.8. The summed E-state index contributed by atoms with van der Waals surface area (Å²) in [4.78, 5) is 13.8. The Labute approximate surface area is 87.6 Å². The molecule has 1 unspecified atom stereocenters. The number of amides is 1. The van der Waals surface area contributed by atoms with Crippen molar-refractivity contribution in [3.63, 3.8) is 0 Å². The summed E-state index contributed by atoms with van der Waals surface area (Å²) >= 11 is 0. The summed E-state index contributed by atoms with van der Waals surface area (Å²) in [5.74, 6) is 0.336. The van der Waals surface area contributed by atoms with Gasteiger partial charge in [-0.1, -0.05) is 20.3 Å². The normalized spacial score (nSPS) is 12.6. The van der Waals surface area contributed by atoms with Gasteiger partial charge < -0.3 is 10.6 Å². The van der Waals surface area contributed by atoms with Crippen LogP contribution >= 0.6 is 0 Å². The van der Waals surface area contributed by atoms with E-state index in [4.69, 9.17) is 5.73 Å². The molecule has 0 fully saturated rings. The molecule has 14 heavy (non-hydrogen) atoms. The predicted octanol–water partition coefficient (Wildman–Crippen LogP) is 1.62. The standard InChI is InChI=1S/C11H24N2O/c1-4-6-9-13(5-2)11(14)10(3)7-8-12/h10H,4-9,12H2,1-3H3. The molecule has 0 aromatic carbocycles. The zero-order chi connectivity index (χ0) is 11.0. The van der Waals surface area contributed by atoms with E-state index in [-0.39, 0.29) is 11.8 Å². The van der Waals surface area contributed by atoms with E-state index in [1.54, 1.807) is 0 Å². The van der Waals surface area contributed by atoms with Crippen LogP contribution < -0.4 is 5.73 Å². The van der Waals surface area contributed by atoms with Crippen LogP contribution in [0.3, 0.4) is 0 Å². The first kappa shape index (κ1) is 13.4. The Bertz CT molecular complexity index is 159. The van der Waals surface area contributed by atoms with Gasteiger partial charge in [0.2, 0.25) is 5.91 Å². The molecule has 3 nitrogen and oxygen atoms in total. The van der Waals surface area contributed by atoms with Crippen molar-refractivity contribution in [3.05, 3.63) is 0 Å². The smallest absolute Gasteiger partial charge is 0.225 e. The van der Waals surface area contributed by atoms with Crippen molar-refractivity contribution in [1.29, 1.82) is 0 Å². The van der Waals surface area contributed by atoms with Gasteiger partial charge in [-0.25, -0.2) is 0 Å². The summed E-state index contributed by atoms with van der Waals surface area (Å²) in [5, 5.41) is 0. The van der Waals surface area contributed by atoms with Crippen molar-refractivity contribution in [3.8, 4) is 0 Å². The van der Waals surface area contributed by atoms with Crippen molar-refractivity contribution in [2.75, 3.05) is 19.6 Å². The Kier molecular flexibility index (Phi) is 7.48. The fraction of sp³-hybridized carbons (Fsp3) is 0.909. The van der Waals surface area contributed by atoms with Gasteiger partial charge in [-0.15, -0.1) is 0 Å². The molecule has 3 heteroatoms. The summed E-state index contributed by atoms with van der Waals surface area (Å²) in [6, 6.07) is 0. The molecule has 0 saturated heterocycles. The van der Waals surface area contributed by atoms with Crippen molar-refractivity contribution in [2.45, 2.75) is 40.0 Å². The fourth-order valence-electron chi connectivity index (χ4n) is 1.46. The number of rotatable bonds is 7. The van der Waals surface area contributed by atoms with Gasteiger partial charge in [0.25, 0.3) is 0 Å². The van der Waals surface area contributed by atoms with Crippen LogP contribution in [0.15, 0.2) is 0 Å². The van der Waals surface area contributed by atoms with E-state index in [2.05, 4.69) is 6.92 Å². The van der Waals surface area contributed by atoms with Crippen LogP contribution in [-0.4, -0.2) is 30.4 Å². The third-order valence-corrected chi connectivity index (χ3v) is 2.50. The van der Waals surface area contributed by atoms with E-state index < -0.39 is 0 Å². The van der Waals surface area contributed by atoms with Gasteiger partial charge in [0, 0.05) is 19.0 Å². The van der Waals surface area contributed by atoms with Crippen molar-refractivity contribution >= 4 is 5.91 Å². The van der Waals surface area contributed by atoms with E-state index in [1.807, 2.05) is 18.7 Å². The first-order valence-corrected chi connectivity index (χ1v) is 5.66. The highest BCUT2D eigenvalue weighted by atomic mass is 16.2. The fourth-order valence-corrected chi connectivity index (χ4v) is 1.46. The lowest BCUT2D eigenvalue weighted by molar-refractivity contribution is -0.135. The zero-order valence-corrected chi connectivity index (χ0v) is 9.75. The lowest BCUT2D eigenvalue weighted by atomic mass is 10.1. The largest absolute Gasteiger partial charge is 0.343 e. The molecule has 0 aliphatic heterocycles. The minimum absolute atomic E-state index is 0.0804. The highest BCUT2D eigenvalue weighted by molar-refractivity contribution is 5.78. The Morgan fingerprint density at radius 2 is 2.07 bits per heavy atom. The third-order valence-electron chi connectivity index (χ3n) is 2.50. The molecule has 1 amide bonds. The molecule has 0 rings (SSSR count). The molecule has 0 aromatic heterocycles. The summed E-state index contributed by atoms with van der Waals surface area (Å²) in [6.07, 6.45) is 3.02. The first-order valence-electron chi connectivity index (χ1n) is 5.66. The summed E-state index contributed by atoms with van der Waals surface area (Å²) in [7, 11) is 0. The molecule has 0 bridgehead atoms. The Morgan fingerprint density at radius 1 is 1.43 bits per heavy atom. The highest BCUT2D eigenvalue weighted by Gasteiger charge is 2.17. The molecule has 0 spiro atoms. The number of carbonyl (C=O) groups excluding carboxylic acids is 1. The minimum atomic E-state index is 0.0804. The monoisotopic (exact) mass is 200 g/mol.